The third-order valence-electron chi connectivity index (χ3n) is 3.88. The normalized spacial score (nSPS) is 17.2. The number of likely N-dealkylation sites (tertiary alicyclic amines) is 1. The Morgan fingerprint density at radius 3 is 2.48 bits per heavy atom. The molecule has 1 N–H and O–H groups in total. The van der Waals surface area contributed by atoms with Gasteiger partial charge in [-0.05, 0) is 32.8 Å². The number of hydrogen-bond donors (Lipinski definition) is 1. The molecule has 5 nitrogen and oxygen atoms in total. The van der Waals surface area contributed by atoms with Gasteiger partial charge in [-0.2, -0.15) is 0 Å². The van der Waals surface area contributed by atoms with Gasteiger partial charge in [0.05, 0.1) is 4.92 Å². The molecule has 1 aliphatic rings. The molecule has 0 aliphatic carbocycles. The Morgan fingerprint density at radius 2 is 1.95 bits per heavy atom. The second-order valence-electron chi connectivity index (χ2n) is 5.56. The Balaban J connectivity index is 2.13. The molecule has 1 aromatic carbocycles. The number of nitro groups is 1. The van der Waals surface area contributed by atoms with Crippen LogP contribution in [0.15, 0.2) is 12.1 Å². The van der Waals surface area contributed by atoms with Gasteiger partial charge >= 0.3 is 0 Å². The molecule has 1 aliphatic heterocycles. The van der Waals surface area contributed by atoms with Crippen LogP contribution in [0, 0.1) is 21.7 Å². The molecule has 0 radical (unpaired) electrons. The Morgan fingerprint density at radius 1 is 1.33 bits per heavy atom. The first-order chi connectivity index (χ1) is 9.90. The summed E-state index contributed by atoms with van der Waals surface area (Å²) in [6.45, 7) is 5.87. The molecule has 116 valence electrons. The summed E-state index contributed by atoms with van der Waals surface area (Å²) in [5.74, 6) is -2.27. The number of halogens is 2. The molecular formula is C14H19F2N3O2. The van der Waals surface area contributed by atoms with Crippen molar-refractivity contribution in [1.29, 1.82) is 0 Å². The van der Waals surface area contributed by atoms with Crippen molar-refractivity contribution in [3.63, 3.8) is 0 Å². The first-order valence-electron chi connectivity index (χ1n) is 7.03. The highest BCUT2D eigenvalue weighted by atomic mass is 19.2. The highest BCUT2D eigenvalue weighted by Gasteiger charge is 2.26. The lowest BCUT2D eigenvalue weighted by Crippen LogP contribution is -2.42. The maximum atomic E-state index is 13.8. The highest BCUT2D eigenvalue weighted by Crippen LogP contribution is 2.31. The summed E-state index contributed by atoms with van der Waals surface area (Å²) in [5, 5.41) is 13.8. The van der Waals surface area contributed by atoms with E-state index in [1.165, 1.54) is 0 Å². The van der Waals surface area contributed by atoms with E-state index < -0.39 is 22.2 Å². The number of anilines is 1. The Labute approximate surface area is 122 Å². The maximum absolute atomic E-state index is 13.8. The lowest BCUT2D eigenvalue weighted by molar-refractivity contribution is -0.384. The molecule has 0 aromatic heterocycles. The first kappa shape index (κ1) is 15.6. The average Bonchev–Trinajstić information content (AvgIpc) is 2.44. The molecule has 1 saturated heterocycles. The molecular weight excluding hydrogens is 280 g/mol. The van der Waals surface area contributed by atoms with E-state index in [-0.39, 0.29) is 11.7 Å². The van der Waals surface area contributed by atoms with Crippen molar-refractivity contribution in [2.24, 2.45) is 0 Å². The van der Waals surface area contributed by atoms with Crippen LogP contribution < -0.4 is 5.32 Å². The zero-order valence-electron chi connectivity index (χ0n) is 12.1. The molecule has 1 aromatic rings. The van der Waals surface area contributed by atoms with Crippen molar-refractivity contribution in [3.05, 3.63) is 33.9 Å². The third-order valence-corrected chi connectivity index (χ3v) is 3.88. The fourth-order valence-electron chi connectivity index (χ4n) is 2.59. The topological polar surface area (TPSA) is 58.4 Å². The highest BCUT2D eigenvalue weighted by molar-refractivity contribution is 5.63. The minimum atomic E-state index is -1.18. The van der Waals surface area contributed by atoms with E-state index in [9.17, 15) is 18.9 Å². The molecule has 0 atom stereocenters. The van der Waals surface area contributed by atoms with Crippen LogP contribution in [0.2, 0.25) is 0 Å². The van der Waals surface area contributed by atoms with Crippen LogP contribution >= 0.6 is 0 Å². The lowest BCUT2D eigenvalue weighted by atomic mass is 10.0. The van der Waals surface area contributed by atoms with Gasteiger partial charge in [-0.15, -0.1) is 0 Å². The largest absolute Gasteiger partial charge is 0.374 e. The Kier molecular flexibility index (Phi) is 4.72. The van der Waals surface area contributed by atoms with E-state index in [1.807, 2.05) is 0 Å². The van der Waals surface area contributed by atoms with Gasteiger partial charge in [0, 0.05) is 31.2 Å². The quantitative estimate of drug-likeness (QED) is 0.685. The van der Waals surface area contributed by atoms with Gasteiger partial charge in [0.25, 0.3) is 5.69 Å². The molecule has 1 fully saturated rings. The SMILES string of the molecule is CC(C)N1CCC(Nc2c([N+](=O)[O-])ccc(F)c2F)CC1. The number of piperidine rings is 1. The van der Waals surface area contributed by atoms with E-state index in [0.29, 0.717) is 6.04 Å². The summed E-state index contributed by atoms with van der Waals surface area (Å²) >= 11 is 0. The van der Waals surface area contributed by atoms with Gasteiger partial charge in [0.2, 0.25) is 0 Å². The van der Waals surface area contributed by atoms with Crippen LogP contribution in [0.1, 0.15) is 26.7 Å². The Hall–Kier alpha value is -1.76. The monoisotopic (exact) mass is 299 g/mol. The van der Waals surface area contributed by atoms with Gasteiger partial charge in [0.1, 0.15) is 0 Å². The molecule has 0 saturated carbocycles. The first-order valence-corrected chi connectivity index (χ1v) is 7.03. The van der Waals surface area contributed by atoms with Crippen LogP contribution in [0.4, 0.5) is 20.2 Å². The van der Waals surface area contributed by atoms with Crippen molar-refractivity contribution in [2.75, 3.05) is 18.4 Å². The third kappa shape index (κ3) is 3.47. The summed E-state index contributed by atoms with van der Waals surface area (Å²) in [5.41, 5.74) is -0.775. The van der Waals surface area contributed by atoms with E-state index in [1.54, 1.807) is 0 Å². The average molecular weight is 299 g/mol. The van der Waals surface area contributed by atoms with Crippen LogP contribution in [0.25, 0.3) is 0 Å². The number of hydrogen-bond acceptors (Lipinski definition) is 4. The van der Waals surface area contributed by atoms with E-state index in [0.717, 1.165) is 38.1 Å². The zero-order chi connectivity index (χ0) is 15.6. The van der Waals surface area contributed by atoms with E-state index >= 15 is 0 Å². The standard InChI is InChI=1S/C14H19F2N3O2/c1-9(2)18-7-5-10(6-8-18)17-14-12(19(20)21)4-3-11(15)13(14)16/h3-4,9-10,17H,5-8H2,1-2H3. The van der Waals surface area contributed by atoms with Crippen molar-refractivity contribution >= 4 is 11.4 Å². The van der Waals surface area contributed by atoms with Gasteiger partial charge in [-0.1, -0.05) is 0 Å². The lowest BCUT2D eigenvalue weighted by Gasteiger charge is -2.35. The van der Waals surface area contributed by atoms with Crippen molar-refractivity contribution < 1.29 is 13.7 Å². The minimum absolute atomic E-state index is 0.0880. The number of rotatable bonds is 4. The van der Waals surface area contributed by atoms with Crippen LogP contribution in [0.5, 0.6) is 0 Å². The number of nitro benzene ring substituents is 1. The predicted octanol–water partition coefficient (Wildman–Crippen LogP) is 3.16. The van der Waals surface area contributed by atoms with Gasteiger partial charge in [-0.25, -0.2) is 8.78 Å². The molecule has 0 spiro atoms. The molecule has 7 heteroatoms. The second-order valence-corrected chi connectivity index (χ2v) is 5.56. The fraction of sp³-hybridized carbons (Fsp3) is 0.571. The second kappa shape index (κ2) is 6.34. The number of nitrogens with one attached hydrogen (secondary N) is 1. The summed E-state index contributed by atoms with van der Waals surface area (Å²) in [7, 11) is 0. The molecule has 0 amide bonds. The van der Waals surface area contributed by atoms with Gasteiger partial charge < -0.3 is 10.2 Å². The summed E-state index contributed by atoms with van der Waals surface area (Å²) < 4.78 is 27.1. The van der Waals surface area contributed by atoms with E-state index in [4.69, 9.17) is 0 Å². The molecule has 0 bridgehead atoms. The van der Waals surface area contributed by atoms with Crippen molar-refractivity contribution in [1.82, 2.24) is 4.90 Å². The number of nitrogens with zero attached hydrogens (tertiary/aromatic N) is 2. The smallest absolute Gasteiger partial charge is 0.295 e. The number of benzene rings is 1. The minimum Gasteiger partial charge on any atom is -0.374 e. The van der Waals surface area contributed by atoms with Gasteiger partial charge in [0.15, 0.2) is 17.3 Å². The van der Waals surface area contributed by atoms with Gasteiger partial charge in [-0.3, -0.25) is 10.1 Å². The predicted molar refractivity (Wildman–Crippen MR) is 76.4 cm³/mol. The van der Waals surface area contributed by atoms with E-state index in [2.05, 4.69) is 24.1 Å². The maximum Gasteiger partial charge on any atom is 0.295 e. The summed E-state index contributed by atoms with van der Waals surface area (Å²) in [4.78, 5) is 12.5. The van der Waals surface area contributed by atoms with Crippen molar-refractivity contribution in [3.8, 4) is 0 Å². The Bertz CT molecular complexity index is 529. The summed E-state index contributed by atoms with van der Waals surface area (Å²) in [6, 6.07) is 2.12. The summed E-state index contributed by atoms with van der Waals surface area (Å²) in [6.07, 6.45) is 1.48. The molecule has 0 unspecified atom stereocenters. The fourth-order valence-corrected chi connectivity index (χ4v) is 2.59. The van der Waals surface area contributed by atoms with Crippen LogP contribution in [-0.2, 0) is 0 Å². The van der Waals surface area contributed by atoms with Crippen molar-refractivity contribution in [2.45, 2.75) is 38.8 Å². The molecule has 21 heavy (non-hydrogen) atoms. The molecule has 1 heterocycles. The zero-order valence-corrected chi connectivity index (χ0v) is 12.1. The molecule has 2 rings (SSSR count). The van der Waals surface area contributed by atoms with Crippen LogP contribution in [-0.4, -0.2) is 35.0 Å². The van der Waals surface area contributed by atoms with Crippen LogP contribution in [0.3, 0.4) is 0 Å².